The topological polar surface area (TPSA) is 96.6 Å². The number of carbonyl (C=O) groups excluding carboxylic acids is 1. The lowest BCUT2D eigenvalue weighted by Gasteiger charge is -2.31. The molecule has 3 rings (SSSR count). The third-order valence-corrected chi connectivity index (χ3v) is 5.69. The van der Waals surface area contributed by atoms with E-state index in [1.807, 2.05) is 4.90 Å². The van der Waals surface area contributed by atoms with Gasteiger partial charge in [0.25, 0.3) is 0 Å². The summed E-state index contributed by atoms with van der Waals surface area (Å²) in [6.45, 7) is 8.34. The Morgan fingerprint density at radius 3 is 2.86 bits per heavy atom. The van der Waals surface area contributed by atoms with Crippen molar-refractivity contribution in [2.75, 3.05) is 55.8 Å². The van der Waals surface area contributed by atoms with Crippen LogP contribution in [0.2, 0.25) is 0 Å². The van der Waals surface area contributed by atoms with E-state index >= 15 is 0 Å². The van der Waals surface area contributed by atoms with Crippen molar-refractivity contribution in [3.63, 3.8) is 0 Å². The predicted octanol–water partition coefficient (Wildman–Crippen LogP) is 2.75. The van der Waals surface area contributed by atoms with Gasteiger partial charge in [-0.3, -0.25) is 4.79 Å². The van der Waals surface area contributed by atoms with Gasteiger partial charge in [-0.05, 0) is 57.5 Å². The Hall–Kier alpha value is -2.09. The quantitative estimate of drug-likeness (QED) is 0.517. The number of hydrogen-bond acceptors (Lipinski definition) is 7. The van der Waals surface area contributed by atoms with Crippen molar-refractivity contribution in [1.29, 1.82) is 0 Å². The van der Waals surface area contributed by atoms with Gasteiger partial charge in [-0.1, -0.05) is 20.3 Å². The van der Waals surface area contributed by atoms with Gasteiger partial charge in [0, 0.05) is 13.1 Å². The molecule has 2 aliphatic rings. The summed E-state index contributed by atoms with van der Waals surface area (Å²) in [6, 6.07) is 0.283. The van der Waals surface area contributed by atoms with Gasteiger partial charge in [0.2, 0.25) is 5.91 Å². The molecule has 0 saturated heterocycles. The van der Waals surface area contributed by atoms with Crippen LogP contribution in [0.3, 0.4) is 0 Å². The number of amides is 1. The Bertz CT molecular complexity index is 694. The van der Waals surface area contributed by atoms with E-state index in [0.29, 0.717) is 24.0 Å². The van der Waals surface area contributed by atoms with Crippen molar-refractivity contribution in [1.82, 2.24) is 14.9 Å². The Morgan fingerprint density at radius 1 is 1.34 bits per heavy atom. The highest BCUT2D eigenvalue weighted by Gasteiger charge is 2.27. The van der Waals surface area contributed by atoms with E-state index in [1.54, 1.807) is 0 Å². The van der Waals surface area contributed by atoms with Crippen LogP contribution in [-0.4, -0.2) is 60.6 Å². The molecule has 1 aromatic rings. The van der Waals surface area contributed by atoms with Crippen molar-refractivity contribution in [3.8, 4) is 6.01 Å². The normalized spacial score (nSPS) is 17.2. The zero-order chi connectivity index (χ0) is 20.8. The van der Waals surface area contributed by atoms with Gasteiger partial charge in [0.15, 0.2) is 11.6 Å². The maximum absolute atomic E-state index is 12.2. The van der Waals surface area contributed by atoms with Crippen molar-refractivity contribution in [2.24, 2.45) is 11.8 Å². The summed E-state index contributed by atoms with van der Waals surface area (Å²) >= 11 is 0. The number of fused-ring (bicyclic) bond motifs is 1. The van der Waals surface area contributed by atoms with Crippen LogP contribution in [0.5, 0.6) is 6.01 Å². The molecule has 1 amide bonds. The molecular formula is C21H36N6O2. The number of nitrogens with two attached hydrogens (primary N) is 1. The Kier molecular flexibility index (Phi) is 7.52. The molecular weight excluding hydrogens is 368 g/mol. The first kappa shape index (κ1) is 21.6. The average molecular weight is 405 g/mol. The second-order valence-electron chi connectivity index (χ2n) is 8.65. The first-order chi connectivity index (χ1) is 14.0. The summed E-state index contributed by atoms with van der Waals surface area (Å²) < 4.78 is 5.65. The number of ether oxygens (including phenoxy) is 1. The van der Waals surface area contributed by atoms with Crippen molar-refractivity contribution in [2.45, 2.75) is 52.4 Å². The first-order valence-electron chi connectivity index (χ1n) is 11.0. The van der Waals surface area contributed by atoms with Crippen LogP contribution in [0.15, 0.2) is 0 Å². The van der Waals surface area contributed by atoms with Gasteiger partial charge in [-0.25, -0.2) is 0 Å². The fourth-order valence-corrected chi connectivity index (χ4v) is 3.57. The molecule has 1 aliphatic heterocycles. The number of hydrogen-bond donors (Lipinski definition) is 2. The molecule has 0 aromatic carbocycles. The van der Waals surface area contributed by atoms with E-state index in [0.717, 1.165) is 44.7 Å². The molecule has 1 unspecified atom stereocenters. The van der Waals surface area contributed by atoms with E-state index in [9.17, 15) is 4.79 Å². The molecule has 8 heteroatoms. The van der Waals surface area contributed by atoms with E-state index in [2.05, 4.69) is 41.1 Å². The minimum atomic E-state index is -0.0794. The number of nitrogens with zero attached hydrogens (tertiary/aromatic N) is 4. The second-order valence-corrected chi connectivity index (χ2v) is 8.65. The van der Waals surface area contributed by atoms with Gasteiger partial charge >= 0.3 is 6.01 Å². The molecule has 3 N–H and O–H groups in total. The molecule has 162 valence electrons. The van der Waals surface area contributed by atoms with E-state index in [4.69, 9.17) is 10.5 Å². The fourth-order valence-electron chi connectivity index (χ4n) is 3.57. The lowest BCUT2D eigenvalue weighted by molar-refractivity contribution is -0.115. The highest BCUT2D eigenvalue weighted by molar-refractivity contribution is 6.03. The van der Waals surface area contributed by atoms with Crippen LogP contribution in [0, 0.1) is 11.8 Å². The number of unbranched alkanes of at least 4 members (excludes halogenated alkanes) is 1. The standard InChI is InChI=1S/C21H36N6O2/c1-4-5-12-29-21-24-19(22)18-20(25-21)27(14-17(28)23-18)11-9-15(2)8-10-26(3)13-16-6-7-16/h15-16H,4-14H2,1-3H3,(H,23,28)(H2,22,24,25). The average Bonchev–Trinajstić information content (AvgIpc) is 3.49. The minimum Gasteiger partial charge on any atom is -0.463 e. The van der Waals surface area contributed by atoms with E-state index in [1.165, 1.54) is 19.4 Å². The maximum atomic E-state index is 12.2. The zero-order valence-electron chi connectivity index (χ0n) is 18.1. The monoisotopic (exact) mass is 404 g/mol. The number of nitrogen functional groups attached to an aromatic ring is 1. The molecule has 1 fully saturated rings. The summed E-state index contributed by atoms with van der Waals surface area (Å²) in [6.07, 6.45) is 6.92. The van der Waals surface area contributed by atoms with Crippen LogP contribution >= 0.6 is 0 Å². The summed E-state index contributed by atoms with van der Waals surface area (Å²) in [7, 11) is 2.22. The first-order valence-corrected chi connectivity index (χ1v) is 11.0. The Labute approximate surface area is 174 Å². The largest absolute Gasteiger partial charge is 0.463 e. The SMILES string of the molecule is CCCCOc1nc(N)c2c(n1)N(CCC(C)CCN(C)CC1CC1)CC(=O)N2. The minimum absolute atomic E-state index is 0.0794. The molecule has 0 bridgehead atoms. The molecule has 8 nitrogen and oxygen atoms in total. The van der Waals surface area contributed by atoms with E-state index < -0.39 is 0 Å². The van der Waals surface area contributed by atoms with Crippen LogP contribution in [-0.2, 0) is 4.79 Å². The number of nitrogens with one attached hydrogen (secondary N) is 1. The van der Waals surface area contributed by atoms with Gasteiger partial charge in [0.05, 0.1) is 13.2 Å². The second kappa shape index (κ2) is 10.1. The van der Waals surface area contributed by atoms with Crippen LogP contribution in [0.1, 0.15) is 52.4 Å². The number of rotatable bonds is 12. The van der Waals surface area contributed by atoms with Crippen molar-refractivity contribution < 1.29 is 9.53 Å². The Morgan fingerprint density at radius 2 is 2.14 bits per heavy atom. The van der Waals surface area contributed by atoms with Crippen molar-refractivity contribution in [3.05, 3.63) is 0 Å². The number of carbonyl (C=O) groups is 1. The Balaban J connectivity index is 1.57. The van der Waals surface area contributed by atoms with Crippen LogP contribution in [0.25, 0.3) is 0 Å². The summed E-state index contributed by atoms with van der Waals surface area (Å²) in [5.41, 5.74) is 6.58. The highest BCUT2D eigenvalue weighted by Crippen LogP contribution is 2.34. The van der Waals surface area contributed by atoms with Gasteiger partial charge in [-0.15, -0.1) is 0 Å². The molecule has 1 aromatic heterocycles. The fraction of sp³-hybridized carbons (Fsp3) is 0.762. The number of aromatic nitrogens is 2. The molecule has 0 spiro atoms. The van der Waals surface area contributed by atoms with Crippen LogP contribution < -0.4 is 20.7 Å². The molecule has 29 heavy (non-hydrogen) atoms. The van der Waals surface area contributed by atoms with E-state index in [-0.39, 0.29) is 24.3 Å². The van der Waals surface area contributed by atoms with Crippen LogP contribution in [0.4, 0.5) is 17.3 Å². The summed E-state index contributed by atoms with van der Waals surface area (Å²) in [5, 5.41) is 2.81. The zero-order valence-corrected chi connectivity index (χ0v) is 18.1. The third-order valence-electron chi connectivity index (χ3n) is 5.69. The van der Waals surface area contributed by atoms with Gasteiger partial charge < -0.3 is 25.6 Å². The summed E-state index contributed by atoms with van der Waals surface area (Å²) in [5.74, 6) is 2.35. The molecule has 1 saturated carbocycles. The molecule has 1 atom stereocenters. The molecule has 0 radical (unpaired) electrons. The lowest BCUT2D eigenvalue weighted by Crippen LogP contribution is -2.40. The lowest BCUT2D eigenvalue weighted by atomic mass is 10.0. The number of anilines is 3. The van der Waals surface area contributed by atoms with Gasteiger partial charge in [-0.2, -0.15) is 9.97 Å². The third kappa shape index (κ3) is 6.45. The van der Waals surface area contributed by atoms with Crippen molar-refractivity contribution >= 4 is 23.2 Å². The highest BCUT2D eigenvalue weighted by atomic mass is 16.5. The molecule has 2 heterocycles. The predicted molar refractivity (Wildman–Crippen MR) is 116 cm³/mol. The summed E-state index contributed by atoms with van der Waals surface area (Å²) in [4.78, 5) is 25.3. The van der Waals surface area contributed by atoms with Gasteiger partial charge in [0.1, 0.15) is 5.69 Å². The maximum Gasteiger partial charge on any atom is 0.320 e. The smallest absolute Gasteiger partial charge is 0.320 e. The molecule has 1 aliphatic carbocycles.